The van der Waals surface area contributed by atoms with Crippen molar-refractivity contribution in [3.8, 4) is 5.75 Å². The van der Waals surface area contributed by atoms with Crippen LogP contribution < -0.4 is 21.1 Å². The molecule has 0 unspecified atom stereocenters. The molecule has 2 aromatic rings. The molecule has 0 saturated carbocycles. The predicted molar refractivity (Wildman–Crippen MR) is 124 cm³/mol. The van der Waals surface area contributed by atoms with E-state index in [1.807, 2.05) is 13.0 Å². The van der Waals surface area contributed by atoms with Crippen LogP contribution in [0.15, 0.2) is 36.0 Å². The number of carbonyl (C=O) groups excluding carboxylic acids is 1. The van der Waals surface area contributed by atoms with Crippen molar-refractivity contribution in [3.05, 3.63) is 52.4 Å². The molecule has 9 nitrogen and oxygen atoms in total. The number of nitrogens with two attached hydrogens (primary N) is 1. The Morgan fingerprint density at radius 2 is 2.09 bits per heavy atom. The van der Waals surface area contributed by atoms with Crippen molar-refractivity contribution in [3.63, 3.8) is 0 Å². The van der Waals surface area contributed by atoms with E-state index in [0.29, 0.717) is 34.4 Å². The Morgan fingerprint density at radius 1 is 1.34 bits per heavy atom. The smallest absolute Gasteiger partial charge is 0.271 e. The molecule has 32 heavy (non-hydrogen) atoms. The van der Waals surface area contributed by atoms with Crippen LogP contribution in [0.25, 0.3) is 0 Å². The fourth-order valence-corrected chi connectivity index (χ4v) is 3.61. The fraction of sp³-hybridized carbons (Fsp3) is 0.364. The third kappa shape index (κ3) is 5.74. The number of benzene rings is 1. The third-order valence-electron chi connectivity index (χ3n) is 5.09. The van der Waals surface area contributed by atoms with E-state index >= 15 is 0 Å². The Labute approximate surface area is 191 Å². The summed E-state index contributed by atoms with van der Waals surface area (Å²) in [5.74, 6) is -0.298. The molecule has 1 aliphatic heterocycles. The highest BCUT2D eigenvalue weighted by Crippen LogP contribution is 2.33. The van der Waals surface area contributed by atoms with Gasteiger partial charge < -0.3 is 31.3 Å². The van der Waals surface area contributed by atoms with E-state index in [0.717, 1.165) is 38.2 Å². The summed E-state index contributed by atoms with van der Waals surface area (Å²) in [6.07, 6.45) is 4.47. The van der Waals surface area contributed by atoms with E-state index in [-0.39, 0.29) is 10.8 Å². The highest BCUT2D eigenvalue weighted by atomic mass is 35.5. The number of anilines is 2. The average molecular weight is 459 g/mol. The molecule has 3 rings (SSSR count). The van der Waals surface area contributed by atoms with Crippen molar-refractivity contribution in [1.82, 2.24) is 15.5 Å². The monoisotopic (exact) mass is 458 g/mol. The van der Waals surface area contributed by atoms with Crippen LogP contribution in [-0.2, 0) is 4.74 Å². The molecule has 1 amide bonds. The molecule has 170 valence electrons. The van der Waals surface area contributed by atoms with Crippen LogP contribution in [0, 0.1) is 5.41 Å². The summed E-state index contributed by atoms with van der Waals surface area (Å²) in [6, 6.07) is 7.16. The van der Waals surface area contributed by atoms with Gasteiger partial charge in [0.15, 0.2) is 16.6 Å². The number of hydrogen-bond acceptors (Lipinski definition) is 8. The van der Waals surface area contributed by atoms with Crippen molar-refractivity contribution in [2.75, 3.05) is 25.6 Å². The number of ether oxygens (including phenoxy) is 2. The number of nitrogens with one attached hydrogen (secondary N) is 3. The van der Waals surface area contributed by atoms with Gasteiger partial charge in [-0.15, -0.1) is 10.2 Å². The molecule has 1 aromatic carbocycles. The Bertz CT molecular complexity index is 1020. The van der Waals surface area contributed by atoms with Crippen LogP contribution >= 0.6 is 11.6 Å². The zero-order valence-electron chi connectivity index (χ0n) is 18.1. The summed E-state index contributed by atoms with van der Waals surface area (Å²) in [6.45, 7) is 3.54. The zero-order valence-corrected chi connectivity index (χ0v) is 18.8. The van der Waals surface area contributed by atoms with Gasteiger partial charge in [0.2, 0.25) is 0 Å². The third-order valence-corrected chi connectivity index (χ3v) is 5.27. The van der Waals surface area contributed by atoms with Gasteiger partial charge in [-0.2, -0.15) is 0 Å². The van der Waals surface area contributed by atoms with Crippen molar-refractivity contribution >= 4 is 34.6 Å². The van der Waals surface area contributed by atoms with Crippen molar-refractivity contribution in [1.29, 1.82) is 5.41 Å². The largest absolute Gasteiger partial charge is 0.494 e. The molecule has 0 atom stereocenters. The molecular formula is C22H27ClN6O3. The quantitative estimate of drug-likeness (QED) is 0.423. The van der Waals surface area contributed by atoms with Crippen LogP contribution in [-0.4, -0.2) is 48.2 Å². The van der Waals surface area contributed by atoms with E-state index in [4.69, 9.17) is 32.2 Å². The Morgan fingerprint density at radius 3 is 2.75 bits per heavy atom. The number of methoxy groups -OCH3 is 1. The number of rotatable bonds is 9. The van der Waals surface area contributed by atoms with Crippen LogP contribution in [0.3, 0.4) is 0 Å². The summed E-state index contributed by atoms with van der Waals surface area (Å²) in [7, 11) is 1.52. The van der Waals surface area contributed by atoms with Crippen LogP contribution in [0.2, 0.25) is 5.15 Å². The first-order valence-corrected chi connectivity index (χ1v) is 10.7. The molecule has 5 N–H and O–H groups in total. The number of amides is 1. The molecular weight excluding hydrogens is 432 g/mol. The lowest BCUT2D eigenvalue weighted by Crippen LogP contribution is -2.34. The van der Waals surface area contributed by atoms with E-state index in [1.165, 1.54) is 13.2 Å². The molecule has 1 fully saturated rings. The molecule has 1 saturated heterocycles. The Kier molecular flexibility index (Phi) is 8.02. The number of para-hydroxylation sites is 1. The number of primary amides is 1. The Balaban J connectivity index is 1.89. The predicted octanol–water partition coefficient (Wildman–Crippen LogP) is 3.41. The highest BCUT2D eigenvalue weighted by molar-refractivity contribution is 6.29. The summed E-state index contributed by atoms with van der Waals surface area (Å²) in [5.41, 5.74) is 8.04. The van der Waals surface area contributed by atoms with E-state index < -0.39 is 5.91 Å². The maximum absolute atomic E-state index is 11.7. The second-order valence-electron chi connectivity index (χ2n) is 7.27. The second-order valence-corrected chi connectivity index (χ2v) is 7.66. The van der Waals surface area contributed by atoms with E-state index in [1.54, 1.807) is 18.2 Å². The Hall–Kier alpha value is -3.17. The average Bonchev–Trinajstić information content (AvgIpc) is 2.79. The first-order chi connectivity index (χ1) is 15.4. The molecule has 1 aromatic heterocycles. The standard InChI is InChI=1S/C22H27ClN6O3/c1-3-13(26-14-7-9-32-10-8-14)11-16(24)15-5-4-6-17(21(15)31-2)27-18-12-19(23)28-29-20(18)22(25)30/h4-6,11-12,14,24,26H,3,7-10H2,1-2H3,(H2,25,30)(H,27,28)/b13-11-,24-16?. The summed E-state index contributed by atoms with van der Waals surface area (Å²) in [4.78, 5) is 11.7. The van der Waals surface area contributed by atoms with Crippen LogP contribution in [0.4, 0.5) is 11.4 Å². The van der Waals surface area contributed by atoms with Gasteiger partial charge in [-0.1, -0.05) is 24.6 Å². The molecule has 2 heterocycles. The van der Waals surface area contributed by atoms with Gasteiger partial charge in [0, 0.05) is 36.6 Å². The van der Waals surface area contributed by atoms with Gasteiger partial charge in [-0.25, -0.2) is 0 Å². The van der Waals surface area contributed by atoms with Crippen molar-refractivity contribution in [2.24, 2.45) is 5.73 Å². The fourth-order valence-electron chi connectivity index (χ4n) is 3.46. The molecule has 10 heteroatoms. The molecule has 0 spiro atoms. The van der Waals surface area contributed by atoms with Gasteiger partial charge in [-0.05, 0) is 37.5 Å². The number of hydrogen-bond donors (Lipinski definition) is 4. The molecule has 1 aliphatic rings. The molecule has 0 aliphatic carbocycles. The maximum Gasteiger partial charge on any atom is 0.271 e. The number of allylic oxidation sites excluding steroid dienone is 2. The van der Waals surface area contributed by atoms with Gasteiger partial charge in [0.25, 0.3) is 5.91 Å². The van der Waals surface area contributed by atoms with Gasteiger partial charge in [0.05, 0.1) is 24.2 Å². The molecule has 0 bridgehead atoms. The lowest BCUT2D eigenvalue weighted by Gasteiger charge is -2.25. The first kappa shape index (κ1) is 23.5. The lowest BCUT2D eigenvalue weighted by molar-refractivity contribution is 0.0802. The number of carbonyl (C=O) groups is 1. The van der Waals surface area contributed by atoms with Crippen LogP contribution in [0.5, 0.6) is 5.75 Å². The summed E-state index contributed by atoms with van der Waals surface area (Å²) in [5, 5.41) is 22.8. The summed E-state index contributed by atoms with van der Waals surface area (Å²) >= 11 is 5.94. The zero-order chi connectivity index (χ0) is 23.1. The van der Waals surface area contributed by atoms with Crippen molar-refractivity contribution in [2.45, 2.75) is 32.2 Å². The van der Waals surface area contributed by atoms with E-state index in [2.05, 4.69) is 20.8 Å². The number of halogens is 1. The lowest BCUT2D eigenvalue weighted by atomic mass is 10.0. The van der Waals surface area contributed by atoms with Gasteiger partial charge in [0.1, 0.15) is 0 Å². The topological polar surface area (TPSA) is 135 Å². The minimum atomic E-state index is -0.741. The molecule has 0 radical (unpaired) electrons. The normalized spacial score (nSPS) is 14.7. The highest BCUT2D eigenvalue weighted by Gasteiger charge is 2.18. The first-order valence-electron chi connectivity index (χ1n) is 10.3. The van der Waals surface area contributed by atoms with Crippen molar-refractivity contribution < 1.29 is 14.3 Å². The number of aromatic nitrogens is 2. The number of nitrogens with zero attached hydrogens (tertiary/aromatic N) is 2. The van der Waals surface area contributed by atoms with Crippen LogP contribution in [0.1, 0.15) is 42.2 Å². The van der Waals surface area contributed by atoms with E-state index in [9.17, 15) is 4.79 Å². The van der Waals surface area contributed by atoms with Gasteiger partial charge in [-0.3, -0.25) is 4.79 Å². The minimum absolute atomic E-state index is 0.0502. The summed E-state index contributed by atoms with van der Waals surface area (Å²) < 4.78 is 11.0. The second kappa shape index (κ2) is 10.9. The maximum atomic E-state index is 11.7. The minimum Gasteiger partial charge on any atom is -0.494 e. The SMILES string of the molecule is CC/C(=C/C(=N)c1cccc(Nc2cc(Cl)nnc2C(N)=O)c1OC)NC1CCOCC1. The van der Waals surface area contributed by atoms with Gasteiger partial charge >= 0.3 is 0 Å².